The molecule has 2 fully saturated rings. The smallest absolute Gasteiger partial charge is 0.355 e. The van der Waals surface area contributed by atoms with Gasteiger partial charge in [0.05, 0.1) is 6.10 Å². The number of nitrogens with two attached hydrogens (primary N) is 1. The SMILES string of the molecule is CC(C)(C)OC(=O)C1=C([C@H]2CCCO2)CS[C@@H]2[C@H](N)C(=O)N12. The lowest BCUT2D eigenvalue weighted by Crippen LogP contribution is -2.69. The van der Waals surface area contributed by atoms with E-state index in [0.29, 0.717) is 18.1 Å². The zero-order chi connectivity index (χ0) is 16.1. The Balaban J connectivity index is 1.95. The average Bonchev–Trinajstić information content (AvgIpc) is 2.97. The van der Waals surface area contributed by atoms with E-state index in [1.165, 1.54) is 4.90 Å². The summed E-state index contributed by atoms with van der Waals surface area (Å²) in [5.74, 6) is -0.0152. The summed E-state index contributed by atoms with van der Waals surface area (Å²) in [6.07, 6.45) is 1.75. The van der Waals surface area contributed by atoms with Crippen LogP contribution < -0.4 is 5.73 Å². The van der Waals surface area contributed by atoms with Crippen molar-refractivity contribution < 1.29 is 19.1 Å². The highest BCUT2D eigenvalue weighted by Crippen LogP contribution is 2.42. The third kappa shape index (κ3) is 2.66. The van der Waals surface area contributed by atoms with Gasteiger partial charge in [-0.1, -0.05) is 0 Å². The molecule has 3 heterocycles. The van der Waals surface area contributed by atoms with Gasteiger partial charge >= 0.3 is 5.97 Å². The number of carbonyl (C=O) groups is 2. The fourth-order valence-corrected chi connectivity index (χ4v) is 4.31. The molecular weight excluding hydrogens is 304 g/mol. The lowest BCUT2D eigenvalue weighted by Gasteiger charge is -2.49. The second-order valence-corrected chi connectivity index (χ2v) is 7.92. The number of carbonyl (C=O) groups excluding carboxylic acids is 2. The predicted octanol–water partition coefficient (Wildman–Crippen LogP) is 1.00. The molecular formula is C15H22N2O4S. The minimum Gasteiger partial charge on any atom is -0.455 e. The normalized spacial score (nSPS) is 31.9. The third-order valence-corrected chi connectivity index (χ3v) is 5.27. The highest BCUT2D eigenvalue weighted by Gasteiger charge is 2.53. The van der Waals surface area contributed by atoms with E-state index < -0.39 is 17.6 Å². The van der Waals surface area contributed by atoms with Crippen molar-refractivity contribution in [3.05, 3.63) is 11.3 Å². The molecule has 1 amide bonds. The van der Waals surface area contributed by atoms with Gasteiger partial charge in [0.15, 0.2) is 0 Å². The van der Waals surface area contributed by atoms with Gasteiger partial charge in [0, 0.05) is 12.4 Å². The van der Waals surface area contributed by atoms with Gasteiger partial charge in [0.25, 0.3) is 0 Å². The lowest BCUT2D eigenvalue weighted by atomic mass is 9.99. The van der Waals surface area contributed by atoms with E-state index >= 15 is 0 Å². The summed E-state index contributed by atoms with van der Waals surface area (Å²) in [6.45, 7) is 6.14. The van der Waals surface area contributed by atoms with Crippen molar-refractivity contribution in [1.29, 1.82) is 0 Å². The first kappa shape index (κ1) is 15.8. The van der Waals surface area contributed by atoms with Crippen molar-refractivity contribution in [2.45, 2.75) is 56.7 Å². The Morgan fingerprint density at radius 2 is 2.18 bits per heavy atom. The highest BCUT2D eigenvalue weighted by molar-refractivity contribution is 8.00. The van der Waals surface area contributed by atoms with Gasteiger partial charge < -0.3 is 15.2 Å². The lowest BCUT2D eigenvalue weighted by molar-refractivity contribution is -0.158. The van der Waals surface area contributed by atoms with Crippen molar-refractivity contribution in [2.75, 3.05) is 12.4 Å². The number of nitrogens with zero attached hydrogens (tertiary/aromatic N) is 1. The zero-order valence-electron chi connectivity index (χ0n) is 13.1. The van der Waals surface area contributed by atoms with E-state index in [1.807, 2.05) is 20.8 Å². The van der Waals surface area contributed by atoms with E-state index in [1.54, 1.807) is 11.8 Å². The summed E-state index contributed by atoms with van der Waals surface area (Å²) < 4.78 is 11.2. The van der Waals surface area contributed by atoms with Gasteiger partial charge in [0.2, 0.25) is 5.91 Å². The summed E-state index contributed by atoms with van der Waals surface area (Å²) in [7, 11) is 0. The minimum atomic E-state index is -0.609. The number of β-lactam (4-membered cyclic amide) rings is 1. The van der Waals surface area contributed by atoms with E-state index in [9.17, 15) is 9.59 Å². The van der Waals surface area contributed by atoms with Crippen molar-refractivity contribution in [2.24, 2.45) is 5.73 Å². The summed E-state index contributed by atoms with van der Waals surface area (Å²) in [6, 6.07) is -0.534. The number of fused-ring (bicyclic) bond motifs is 1. The standard InChI is InChI=1S/C15H22N2O4S/c1-15(2,3)21-14(19)11-8(9-5-4-6-20-9)7-22-13-10(16)12(18)17(11)13/h9-10,13H,4-7,16H2,1-3H3/t9-,10-,13-/m1/s1. The molecule has 3 atom stereocenters. The average molecular weight is 326 g/mol. The maximum Gasteiger partial charge on any atom is 0.355 e. The Bertz CT molecular complexity index is 534. The summed E-state index contributed by atoms with van der Waals surface area (Å²) in [5, 5.41) is -0.167. The Labute approximate surface area is 134 Å². The number of thioether (sulfide) groups is 1. The molecule has 0 spiro atoms. The molecule has 0 aromatic carbocycles. The number of amides is 1. The topological polar surface area (TPSA) is 81.9 Å². The molecule has 0 radical (unpaired) electrons. The first-order valence-corrected chi connectivity index (χ1v) is 8.63. The van der Waals surface area contributed by atoms with Gasteiger partial charge in [0.1, 0.15) is 22.7 Å². The molecule has 0 unspecified atom stereocenters. The largest absolute Gasteiger partial charge is 0.455 e. The van der Waals surface area contributed by atoms with Crippen LogP contribution in [0.4, 0.5) is 0 Å². The van der Waals surface area contributed by atoms with Crippen LogP contribution in [0.15, 0.2) is 11.3 Å². The number of rotatable bonds is 2. The van der Waals surface area contributed by atoms with Crippen LogP contribution in [-0.4, -0.2) is 52.3 Å². The minimum absolute atomic E-state index is 0.0967. The number of hydrogen-bond donors (Lipinski definition) is 1. The molecule has 2 saturated heterocycles. The molecule has 0 aliphatic carbocycles. The zero-order valence-corrected chi connectivity index (χ0v) is 13.9. The molecule has 0 saturated carbocycles. The first-order valence-electron chi connectivity index (χ1n) is 7.58. The van der Waals surface area contributed by atoms with Crippen molar-refractivity contribution >= 4 is 23.6 Å². The van der Waals surface area contributed by atoms with Crippen LogP contribution in [-0.2, 0) is 19.1 Å². The fourth-order valence-electron chi connectivity index (χ4n) is 2.95. The number of hydrogen-bond acceptors (Lipinski definition) is 6. The molecule has 122 valence electrons. The van der Waals surface area contributed by atoms with Crippen LogP contribution in [0.1, 0.15) is 33.6 Å². The van der Waals surface area contributed by atoms with E-state index in [2.05, 4.69) is 0 Å². The van der Waals surface area contributed by atoms with Crippen LogP contribution in [0.25, 0.3) is 0 Å². The van der Waals surface area contributed by atoms with Crippen molar-refractivity contribution in [3.63, 3.8) is 0 Å². The van der Waals surface area contributed by atoms with Crippen LogP contribution in [0.5, 0.6) is 0 Å². The van der Waals surface area contributed by atoms with Gasteiger partial charge in [-0.2, -0.15) is 0 Å². The monoisotopic (exact) mass is 326 g/mol. The first-order chi connectivity index (χ1) is 10.3. The molecule has 3 aliphatic rings. The summed E-state index contributed by atoms with van der Waals surface area (Å²) in [4.78, 5) is 26.3. The third-order valence-electron chi connectivity index (χ3n) is 3.95. The Morgan fingerprint density at radius 1 is 1.45 bits per heavy atom. The maximum absolute atomic E-state index is 12.6. The van der Waals surface area contributed by atoms with Crippen molar-refractivity contribution in [3.8, 4) is 0 Å². The second kappa shape index (κ2) is 5.54. The summed E-state index contributed by atoms with van der Waals surface area (Å²) >= 11 is 1.59. The van der Waals surface area contributed by atoms with Crippen LogP contribution in [0.2, 0.25) is 0 Å². The number of esters is 1. The Morgan fingerprint density at radius 3 is 2.77 bits per heavy atom. The molecule has 3 aliphatic heterocycles. The van der Waals surface area contributed by atoms with Gasteiger partial charge in [-0.05, 0) is 39.2 Å². The molecule has 7 heteroatoms. The molecule has 2 N–H and O–H groups in total. The van der Waals surface area contributed by atoms with Crippen LogP contribution in [0.3, 0.4) is 0 Å². The maximum atomic E-state index is 12.6. The van der Waals surface area contributed by atoms with E-state index in [4.69, 9.17) is 15.2 Å². The van der Waals surface area contributed by atoms with Crippen LogP contribution >= 0.6 is 11.8 Å². The van der Waals surface area contributed by atoms with Gasteiger partial charge in [-0.25, -0.2) is 4.79 Å². The predicted molar refractivity (Wildman–Crippen MR) is 82.9 cm³/mol. The molecule has 0 aromatic heterocycles. The van der Waals surface area contributed by atoms with Gasteiger partial charge in [-0.3, -0.25) is 9.69 Å². The molecule has 3 rings (SSSR count). The molecule has 6 nitrogen and oxygen atoms in total. The summed E-state index contributed by atoms with van der Waals surface area (Å²) in [5.41, 5.74) is 6.47. The fraction of sp³-hybridized carbons (Fsp3) is 0.733. The van der Waals surface area contributed by atoms with Gasteiger partial charge in [-0.15, -0.1) is 11.8 Å². The Kier molecular flexibility index (Phi) is 3.99. The number of ether oxygens (including phenoxy) is 2. The molecule has 0 aromatic rings. The van der Waals surface area contributed by atoms with Crippen molar-refractivity contribution in [1.82, 2.24) is 4.90 Å². The quantitative estimate of drug-likeness (QED) is 0.602. The molecule has 22 heavy (non-hydrogen) atoms. The van der Waals surface area contributed by atoms with Crippen LogP contribution in [0, 0.1) is 0 Å². The molecule has 0 bridgehead atoms. The highest BCUT2D eigenvalue weighted by atomic mass is 32.2. The Hall–Kier alpha value is -1.05. The second-order valence-electron chi connectivity index (χ2n) is 6.81. The van der Waals surface area contributed by atoms with E-state index in [0.717, 1.165) is 18.4 Å². The van der Waals surface area contributed by atoms with E-state index in [-0.39, 0.29) is 17.4 Å².